The predicted molar refractivity (Wildman–Crippen MR) is 70.4 cm³/mol. The van der Waals surface area contributed by atoms with Crippen molar-refractivity contribution in [1.82, 2.24) is 0 Å². The molecule has 1 amide bonds. The van der Waals surface area contributed by atoms with E-state index < -0.39 is 0 Å². The van der Waals surface area contributed by atoms with E-state index in [0.29, 0.717) is 11.8 Å². The Hall–Kier alpha value is -1.94. The van der Waals surface area contributed by atoms with Gasteiger partial charge in [-0.15, -0.1) is 0 Å². The van der Waals surface area contributed by atoms with E-state index >= 15 is 0 Å². The summed E-state index contributed by atoms with van der Waals surface area (Å²) in [6.07, 6.45) is 0.210. The molecule has 0 saturated heterocycles. The smallest absolute Gasteiger partial charge is 0.221 e. The minimum absolute atomic E-state index is 0.210. The van der Waals surface area contributed by atoms with Crippen molar-refractivity contribution < 1.29 is 9.21 Å². The van der Waals surface area contributed by atoms with E-state index in [1.54, 1.807) is 12.1 Å². The van der Waals surface area contributed by atoms with Crippen molar-refractivity contribution in [3.63, 3.8) is 0 Å². The highest BCUT2D eigenvalue weighted by atomic mass is 35.5. The second-order valence-corrected chi connectivity index (χ2v) is 4.23. The van der Waals surface area contributed by atoms with E-state index in [1.807, 2.05) is 24.3 Å². The molecule has 0 unspecified atom stereocenters. The molecule has 0 spiro atoms. The van der Waals surface area contributed by atoms with E-state index in [0.717, 1.165) is 17.0 Å². The van der Waals surface area contributed by atoms with Crippen LogP contribution in [0.5, 0.6) is 0 Å². The number of carbonyl (C=O) groups excluding carboxylic acids is 1. The summed E-state index contributed by atoms with van der Waals surface area (Å²) >= 11 is 5.69. The normalized spacial score (nSPS) is 10.3. The maximum Gasteiger partial charge on any atom is 0.221 e. The molecular weight excluding hydrogens is 252 g/mol. The molecule has 0 radical (unpaired) electrons. The van der Waals surface area contributed by atoms with Crippen LogP contribution in [0.3, 0.4) is 0 Å². The Morgan fingerprint density at radius 1 is 1.28 bits per heavy atom. The Kier molecular flexibility index (Phi) is 3.89. The molecule has 5 heteroatoms. The van der Waals surface area contributed by atoms with Crippen LogP contribution in [0, 0.1) is 0 Å². The monoisotopic (exact) mass is 264 g/mol. The van der Waals surface area contributed by atoms with Crippen molar-refractivity contribution >= 4 is 23.2 Å². The van der Waals surface area contributed by atoms with Gasteiger partial charge in [0, 0.05) is 5.69 Å². The van der Waals surface area contributed by atoms with E-state index in [2.05, 4.69) is 5.32 Å². The number of anilines is 1. The first-order valence-electron chi connectivity index (χ1n) is 5.49. The third kappa shape index (κ3) is 3.28. The summed E-state index contributed by atoms with van der Waals surface area (Å²) in [7, 11) is 0. The van der Waals surface area contributed by atoms with Crippen molar-refractivity contribution in [2.75, 3.05) is 5.32 Å². The number of benzene rings is 1. The fourth-order valence-corrected chi connectivity index (χ4v) is 1.83. The van der Waals surface area contributed by atoms with Crippen LogP contribution in [-0.2, 0) is 17.8 Å². The van der Waals surface area contributed by atoms with Gasteiger partial charge in [0.1, 0.15) is 5.76 Å². The third-order valence-electron chi connectivity index (χ3n) is 2.46. The SMILES string of the molecule is NC(=O)Cc1ccccc1NCc1ccc(Cl)o1. The minimum atomic E-state index is -0.356. The van der Waals surface area contributed by atoms with Gasteiger partial charge < -0.3 is 15.5 Å². The maximum atomic E-state index is 11.0. The molecule has 2 aromatic rings. The number of carbonyl (C=O) groups is 1. The number of hydrogen-bond donors (Lipinski definition) is 2. The Balaban J connectivity index is 2.06. The molecule has 2 rings (SSSR count). The van der Waals surface area contributed by atoms with Gasteiger partial charge in [0.2, 0.25) is 5.91 Å². The summed E-state index contributed by atoms with van der Waals surface area (Å²) in [5.41, 5.74) is 6.93. The van der Waals surface area contributed by atoms with Crippen molar-refractivity contribution in [1.29, 1.82) is 0 Å². The van der Waals surface area contributed by atoms with Crippen molar-refractivity contribution in [2.24, 2.45) is 5.73 Å². The Bertz CT molecular complexity index is 551. The van der Waals surface area contributed by atoms with Crippen molar-refractivity contribution in [3.8, 4) is 0 Å². The largest absolute Gasteiger partial charge is 0.448 e. The average Bonchev–Trinajstić information content (AvgIpc) is 2.73. The summed E-state index contributed by atoms with van der Waals surface area (Å²) < 4.78 is 5.24. The summed E-state index contributed by atoms with van der Waals surface area (Å²) in [5, 5.41) is 3.55. The standard InChI is InChI=1S/C13H13ClN2O2/c14-12-6-5-10(18-12)8-16-11-4-2-1-3-9(11)7-13(15)17/h1-6,16H,7-8H2,(H2,15,17). The highest BCUT2D eigenvalue weighted by molar-refractivity contribution is 6.28. The lowest BCUT2D eigenvalue weighted by atomic mass is 10.1. The summed E-state index contributed by atoms with van der Waals surface area (Å²) in [6.45, 7) is 0.502. The fourth-order valence-electron chi connectivity index (χ4n) is 1.66. The molecule has 0 aliphatic heterocycles. The van der Waals surface area contributed by atoms with E-state index in [9.17, 15) is 4.79 Å². The van der Waals surface area contributed by atoms with Gasteiger partial charge in [-0.1, -0.05) is 18.2 Å². The number of primary amides is 1. The lowest BCUT2D eigenvalue weighted by Crippen LogP contribution is -2.15. The molecule has 0 saturated carbocycles. The quantitative estimate of drug-likeness (QED) is 0.872. The van der Waals surface area contributed by atoms with Crippen LogP contribution in [0.2, 0.25) is 5.22 Å². The van der Waals surface area contributed by atoms with Crippen LogP contribution >= 0.6 is 11.6 Å². The maximum absolute atomic E-state index is 11.0. The van der Waals surface area contributed by atoms with Gasteiger partial charge in [0.05, 0.1) is 13.0 Å². The molecule has 0 atom stereocenters. The molecule has 1 aromatic carbocycles. The van der Waals surface area contributed by atoms with Gasteiger partial charge in [-0.3, -0.25) is 4.79 Å². The number of furan rings is 1. The van der Waals surface area contributed by atoms with Crippen LogP contribution < -0.4 is 11.1 Å². The second kappa shape index (κ2) is 5.60. The van der Waals surface area contributed by atoms with Gasteiger partial charge in [0.25, 0.3) is 0 Å². The van der Waals surface area contributed by atoms with Gasteiger partial charge in [-0.2, -0.15) is 0 Å². The number of halogens is 1. The zero-order valence-corrected chi connectivity index (χ0v) is 10.4. The minimum Gasteiger partial charge on any atom is -0.448 e. The lowest BCUT2D eigenvalue weighted by molar-refractivity contribution is -0.117. The topological polar surface area (TPSA) is 68.3 Å². The summed E-state index contributed by atoms with van der Waals surface area (Å²) in [5.74, 6) is 0.374. The van der Waals surface area contributed by atoms with E-state index in [-0.39, 0.29) is 12.3 Å². The van der Waals surface area contributed by atoms with Gasteiger partial charge in [0.15, 0.2) is 5.22 Å². The molecule has 4 nitrogen and oxygen atoms in total. The first-order chi connectivity index (χ1) is 8.65. The molecule has 18 heavy (non-hydrogen) atoms. The molecule has 1 aromatic heterocycles. The second-order valence-electron chi connectivity index (χ2n) is 3.86. The predicted octanol–water partition coefficient (Wildman–Crippen LogP) is 2.57. The number of nitrogens with one attached hydrogen (secondary N) is 1. The first kappa shape index (κ1) is 12.5. The average molecular weight is 265 g/mol. The molecule has 0 aliphatic rings. The molecular formula is C13H13ClN2O2. The fraction of sp³-hybridized carbons (Fsp3) is 0.154. The number of amides is 1. The highest BCUT2D eigenvalue weighted by Gasteiger charge is 2.05. The molecule has 0 aliphatic carbocycles. The molecule has 1 heterocycles. The van der Waals surface area contributed by atoms with Crippen LogP contribution in [-0.4, -0.2) is 5.91 Å². The number of rotatable bonds is 5. The van der Waals surface area contributed by atoms with Crippen LogP contribution in [0.4, 0.5) is 5.69 Å². The molecule has 3 N–H and O–H groups in total. The Morgan fingerprint density at radius 3 is 2.72 bits per heavy atom. The van der Waals surface area contributed by atoms with Gasteiger partial charge in [-0.05, 0) is 35.4 Å². The zero-order chi connectivity index (χ0) is 13.0. The van der Waals surface area contributed by atoms with Gasteiger partial charge in [-0.25, -0.2) is 0 Å². The van der Waals surface area contributed by atoms with E-state index in [1.165, 1.54) is 0 Å². The van der Waals surface area contributed by atoms with Crippen LogP contribution in [0.1, 0.15) is 11.3 Å². The third-order valence-corrected chi connectivity index (χ3v) is 2.67. The number of nitrogens with two attached hydrogens (primary N) is 1. The van der Waals surface area contributed by atoms with Crippen LogP contribution in [0.15, 0.2) is 40.8 Å². The first-order valence-corrected chi connectivity index (χ1v) is 5.87. The van der Waals surface area contributed by atoms with Gasteiger partial charge >= 0.3 is 0 Å². The van der Waals surface area contributed by atoms with E-state index in [4.69, 9.17) is 21.8 Å². The van der Waals surface area contributed by atoms with Crippen LogP contribution in [0.25, 0.3) is 0 Å². The van der Waals surface area contributed by atoms with Crippen molar-refractivity contribution in [3.05, 3.63) is 52.9 Å². The highest BCUT2D eigenvalue weighted by Crippen LogP contribution is 2.18. The summed E-state index contributed by atoms with van der Waals surface area (Å²) in [6, 6.07) is 11.0. The summed E-state index contributed by atoms with van der Waals surface area (Å²) in [4.78, 5) is 11.0. The lowest BCUT2D eigenvalue weighted by Gasteiger charge is -2.09. The molecule has 94 valence electrons. The number of para-hydroxylation sites is 1. The molecule has 0 fully saturated rings. The van der Waals surface area contributed by atoms with Crippen molar-refractivity contribution in [2.45, 2.75) is 13.0 Å². The molecule has 0 bridgehead atoms. The zero-order valence-electron chi connectivity index (χ0n) is 9.65. The Morgan fingerprint density at radius 2 is 2.06 bits per heavy atom. The number of hydrogen-bond acceptors (Lipinski definition) is 3. The Labute approximate surface area is 110 Å².